The first-order chi connectivity index (χ1) is 8.39. The smallest absolute Gasteiger partial charge is 0.417 e. The highest BCUT2D eigenvalue weighted by Gasteiger charge is 2.34. The van der Waals surface area contributed by atoms with E-state index in [1.54, 1.807) is 0 Å². The fraction of sp³-hybridized carbons (Fsp3) is 0.0833. The van der Waals surface area contributed by atoms with Gasteiger partial charge in [-0.25, -0.2) is 9.37 Å². The minimum absolute atomic E-state index is 0.359. The molecule has 94 valence electrons. The van der Waals surface area contributed by atoms with Crippen LogP contribution in [0.15, 0.2) is 36.5 Å². The summed E-state index contributed by atoms with van der Waals surface area (Å²) in [5.74, 6) is -1.45. The van der Waals surface area contributed by atoms with Crippen LogP contribution in [-0.2, 0) is 6.18 Å². The van der Waals surface area contributed by atoms with E-state index in [0.29, 0.717) is 0 Å². The first-order valence-electron chi connectivity index (χ1n) is 4.90. The maximum Gasteiger partial charge on any atom is 0.417 e. The second-order valence-corrected chi connectivity index (χ2v) is 3.57. The van der Waals surface area contributed by atoms with Gasteiger partial charge in [0.15, 0.2) is 5.82 Å². The third-order valence-corrected chi connectivity index (χ3v) is 2.31. The standard InChI is InChI=1S/C12H7F4NO/c13-10-5-7(18)6-17-11(10)8-3-1-2-4-9(8)12(14,15)16/h1-6,18H. The van der Waals surface area contributed by atoms with Crippen LogP contribution in [0.2, 0.25) is 0 Å². The summed E-state index contributed by atoms with van der Waals surface area (Å²) >= 11 is 0. The Morgan fingerprint density at radius 3 is 2.39 bits per heavy atom. The van der Waals surface area contributed by atoms with E-state index >= 15 is 0 Å². The lowest BCUT2D eigenvalue weighted by Crippen LogP contribution is -2.07. The van der Waals surface area contributed by atoms with Gasteiger partial charge in [-0.15, -0.1) is 0 Å². The van der Waals surface area contributed by atoms with E-state index in [2.05, 4.69) is 4.98 Å². The molecule has 0 unspecified atom stereocenters. The molecule has 0 radical (unpaired) electrons. The number of nitrogens with zero attached hydrogens (tertiary/aromatic N) is 1. The van der Waals surface area contributed by atoms with E-state index in [1.165, 1.54) is 12.1 Å². The molecule has 0 atom stereocenters. The van der Waals surface area contributed by atoms with Crippen LogP contribution in [0.1, 0.15) is 5.56 Å². The lowest BCUT2D eigenvalue weighted by Gasteiger charge is -2.12. The molecule has 0 saturated carbocycles. The predicted octanol–water partition coefficient (Wildman–Crippen LogP) is 3.61. The first-order valence-corrected chi connectivity index (χ1v) is 4.90. The van der Waals surface area contributed by atoms with Gasteiger partial charge < -0.3 is 5.11 Å². The van der Waals surface area contributed by atoms with Crippen LogP contribution in [0.5, 0.6) is 5.75 Å². The van der Waals surface area contributed by atoms with E-state index in [9.17, 15) is 17.6 Å². The Kier molecular flexibility index (Phi) is 2.94. The Bertz CT molecular complexity index is 581. The Morgan fingerprint density at radius 1 is 1.11 bits per heavy atom. The summed E-state index contributed by atoms with van der Waals surface area (Å²) in [5.41, 5.74) is -1.77. The molecule has 0 aliphatic rings. The number of hydrogen-bond donors (Lipinski definition) is 1. The van der Waals surface area contributed by atoms with E-state index < -0.39 is 29.0 Å². The van der Waals surface area contributed by atoms with Gasteiger partial charge in [-0.3, -0.25) is 0 Å². The maximum absolute atomic E-state index is 13.5. The molecule has 0 amide bonds. The predicted molar refractivity (Wildman–Crippen MR) is 56.3 cm³/mol. The van der Waals surface area contributed by atoms with Gasteiger partial charge in [0.25, 0.3) is 0 Å². The van der Waals surface area contributed by atoms with E-state index in [0.717, 1.165) is 24.4 Å². The second-order valence-electron chi connectivity index (χ2n) is 3.57. The quantitative estimate of drug-likeness (QED) is 0.791. The van der Waals surface area contributed by atoms with E-state index in [-0.39, 0.29) is 5.56 Å². The van der Waals surface area contributed by atoms with Crippen LogP contribution >= 0.6 is 0 Å². The van der Waals surface area contributed by atoms with Crippen molar-refractivity contribution in [2.75, 3.05) is 0 Å². The third kappa shape index (κ3) is 2.27. The molecule has 2 aromatic rings. The molecular formula is C12H7F4NO. The normalized spacial score (nSPS) is 11.6. The molecule has 0 spiro atoms. The zero-order chi connectivity index (χ0) is 13.3. The SMILES string of the molecule is Oc1cnc(-c2ccccc2C(F)(F)F)c(F)c1. The molecule has 0 saturated heterocycles. The second kappa shape index (κ2) is 4.29. The van der Waals surface area contributed by atoms with Gasteiger partial charge in [0, 0.05) is 11.6 Å². The Labute approximate surface area is 99.5 Å². The number of aromatic hydroxyl groups is 1. The van der Waals surface area contributed by atoms with Crippen molar-refractivity contribution in [2.45, 2.75) is 6.18 Å². The van der Waals surface area contributed by atoms with Crippen LogP contribution in [0, 0.1) is 5.82 Å². The number of aromatic nitrogens is 1. The third-order valence-electron chi connectivity index (χ3n) is 2.31. The average Bonchev–Trinajstić information content (AvgIpc) is 2.28. The minimum Gasteiger partial charge on any atom is -0.506 e. The number of benzene rings is 1. The van der Waals surface area contributed by atoms with Crippen molar-refractivity contribution < 1.29 is 22.7 Å². The maximum atomic E-state index is 13.5. The van der Waals surface area contributed by atoms with Gasteiger partial charge in [-0.2, -0.15) is 13.2 Å². The van der Waals surface area contributed by atoms with Gasteiger partial charge in [0.05, 0.1) is 11.8 Å². The van der Waals surface area contributed by atoms with Crippen molar-refractivity contribution in [1.29, 1.82) is 0 Å². The monoisotopic (exact) mass is 257 g/mol. The lowest BCUT2D eigenvalue weighted by atomic mass is 10.0. The zero-order valence-corrected chi connectivity index (χ0v) is 8.87. The number of alkyl halides is 3. The fourth-order valence-corrected chi connectivity index (χ4v) is 1.56. The van der Waals surface area contributed by atoms with Crippen molar-refractivity contribution in [3.63, 3.8) is 0 Å². The Morgan fingerprint density at radius 2 is 1.78 bits per heavy atom. The summed E-state index contributed by atoms with van der Waals surface area (Å²) in [5, 5.41) is 8.99. The summed E-state index contributed by atoms with van der Waals surface area (Å²) in [6.45, 7) is 0. The lowest BCUT2D eigenvalue weighted by molar-refractivity contribution is -0.137. The van der Waals surface area contributed by atoms with Gasteiger partial charge in [-0.05, 0) is 6.07 Å². The van der Waals surface area contributed by atoms with Gasteiger partial charge in [-0.1, -0.05) is 18.2 Å². The van der Waals surface area contributed by atoms with Crippen LogP contribution in [0.4, 0.5) is 17.6 Å². The number of rotatable bonds is 1. The summed E-state index contributed by atoms with van der Waals surface area (Å²) in [4.78, 5) is 3.50. The van der Waals surface area contributed by atoms with Crippen molar-refractivity contribution in [3.05, 3.63) is 47.9 Å². The van der Waals surface area contributed by atoms with Crippen molar-refractivity contribution >= 4 is 0 Å². The highest BCUT2D eigenvalue weighted by Crippen LogP contribution is 2.37. The Hall–Kier alpha value is -2.11. The summed E-state index contributed by atoms with van der Waals surface area (Å²) < 4.78 is 51.8. The van der Waals surface area contributed by atoms with Gasteiger partial charge >= 0.3 is 6.18 Å². The molecule has 1 N–H and O–H groups in total. The molecule has 0 bridgehead atoms. The fourth-order valence-electron chi connectivity index (χ4n) is 1.56. The molecule has 0 aliphatic heterocycles. The highest BCUT2D eigenvalue weighted by molar-refractivity contribution is 5.65. The van der Waals surface area contributed by atoms with Crippen LogP contribution in [0.25, 0.3) is 11.3 Å². The van der Waals surface area contributed by atoms with Crippen LogP contribution in [-0.4, -0.2) is 10.1 Å². The first kappa shape index (κ1) is 12.3. The molecule has 6 heteroatoms. The van der Waals surface area contributed by atoms with Gasteiger partial charge in [0.1, 0.15) is 11.4 Å². The van der Waals surface area contributed by atoms with Crippen molar-refractivity contribution in [1.82, 2.24) is 4.98 Å². The van der Waals surface area contributed by atoms with Crippen LogP contribution < -0.4 is 0 Å². The van der Waals surface area contributed by atoms with E-state index in [4.69, 9.17) is 5.11 Å². The molecule has 1 aromatic heterocycles. The zero-order valence-electron chi connectivity index (χ0n) is 8.87. The molecule has 1 heterocycles. The highest BCUT2D eigenvalue weighted by atomic mass is 19.4. The number of halogens is 4. The minimum atomic E-state index is -4.59. The summed E-state index contributed by atoms with van der Waals surface area (Å²) in [6, 6.07) is 5.27. The molecule has 0 fully saturated rings. The number of hydrogen-bond acceptors (Lipinski definition) is 2. The van der Waals surface area contributed by atoms with Crippen molar-refractivity contribution in [3.8, 4) is 17.0 Å². The summed E-state index contributed by atoms with van der Waals surface area (Å²) in [6.07, 6.45) is -3.70. The number of pyridine rings is 1. The topological polar surface area (TPSA) is 33.1 Å². The van der Waals surface area contributed by atoms with Crippen LogP contribution in [0.3, 0.4) is 0 Å². The van der Waals surface area contributed by atoms with Gasteiger partial charge in [0.2, 0.25) is 0 Å². The molecule has 1 aromatic carbocycles. The largest absolute Gasteiger partial charge is 0.506 e. The Balaban J connectivity index is 2.64. The molecule has 0 aliphatic carbocycles. The molecule has 2 rings (SSSR count). The molecule has 18 heavy (non-hydrogen) atoms. The van der Waals surface area contributed by atoms with Crippen molar-refractivity contribution in [2.24, 2.45) is 0 Å². The summed E-state index contributed by atoms with van der Waals surface area (Å²) in [7, 11) is 0. The molecular weight excluding hydrogens is 250 g/mol. The van der Waals surface area contributed by atoms with E-state index in [1.807, 2.05) is 0 Å². The average molecular weight is 257 g/mol. The molecule has 2 nitrogen and oxygen atoms in total.